The molecule has 0 radical (unpaired) electrons. The molecule has 0 unspecified atom stereocenters. The molecule has 2 aromatic rings. The second kappa shape index (κ2) is 5.41. The number of hydroxylamine groups is 1. The molecule has 1 heterocycles. The van der Waals surface area contributed by atoms with E-state index >= 15 is 0 Å². The summed E-state index contributed by atoms with van der Waals surface area (Å²) in [5.74, 6) is 1.63. The zero-order chi connectivity index (χ0) is 15.8. The number of aromatic nitrogens is 2. The van der Waals surface area contributed by atoms with Crippen LogP contribution < -0.4 is 5.06 Å². The number of fused-ring (bicyclic) bond motifs is 2. The molecule has 23 heavy (non-hydrogen) atoms. The highest BCUT2D eigenvalue weighted by molar-refractivity contribution is 5.95. The first-order valence-corrected chi connectivity index (χ1v) is 7.52. The largest absolute Gasteiger partial charge is 0.339 e. The maximum Gasteiger partial charge on any atom is 0.163 e. The molecule has 0 fully saturated rings. The molecule has 4 heteroatoms. The van der Waals surface area contributed by atoms with Crippen molar-refractivity contribution in [2.24, 2.45) is 0 Å². The Hall–Kier alpha value is -2.85. The van der Waals surface area contributed by atoms with Crippen LogP contribution in [-0.4, -0.2) is 24.1 Å². The topological polar surface area (TPSA) is 41.1 Å². The van der Waals surface area contributed by atoms with E-state index in [1.54, 1.807) is 12.2 Å². The zero-order valence-electron chi connectivity index (χ0n) is 13.1. The summed E-state index contributed by atoms with van der Waals surface area (Å²) < 4.78 is 0. The molecule has 114 valence electrons. The number of hydrogen-bond acceptors (Lipinski definition) is 3. The lowest BCUT2D eigenvalue weighted by molar-refractivity contribution is 0.183. The molecular formula is C19H17N3O. The molecule has 0 saturated carbocycles. The first-order chi connectivity index (χ1) is 11.3. The summed E-state index contributed by atoms with van der Waals surface area (Å²) in [7, 11) is 3.51. The van der Waals surface area contributed by atoms with Gasteiger partial charge in [-0.3, -0.25) is 4.84 Å². The second-order valence-corrected chi connectivity index (χ2v) is 5.47. The van der Waals surface area contributed by atoms with Gasteiger partial charge in [-0.25, -0.2) is 10.0 Å². The number of H-pyrrole nitrogens is 1. The fourth-order valence-electron chi connectivity index (χ4n) is 2.93. The van der Waals surface area contributed by atoms with Gasteiger partial charge in [0.1, 0.15) is 5.82 Å². The van der Waals surface area contributed by atoms with Crippen LogP contribution in [0.1, 0.15) is 0 Å². The molecule has 0 amide bonds. The van der Waals surface area contributed by atoms with Crippen molar-refractivity contribution in [2.75, 3.05) is 19.2 Å². The van der Waals surface area contributed by atoms with Gasteiger partial charge < -0.3 is 4.98 Å². The minimum absolute atomic E-state index is 0.800. The van der Waals surface area contributed by atoms with Crippen LogP contribution >= 0.6 is 0 Å². The quantitative estimate of drug-likeness (QED) is 0.573. The highest BCUT2D eigenvalue weighted by atomic mass is 16.7. The highest BCUT2D eigenvalue weighted by Gasteiger charge is 2.17. The maximum absolute atomic E-state index is 5.35. The minimum Gasteiger partial charge on any atom is -0.339 e. The Balaban J connectivity index is 2.00. The van der Waals surface area contributed by atoms with E-state index in [-0.39, 0.29) is 0 Å². The third kappa shape index (κ3) is 2.24. The number of aromatic amines is 1. The van der Waals surface area contributed by atoms with Gasteiger partial charge >= 0.3 is 0 Å². The normalized spacial score (nSPS) is 11.2. The van der Waals surface area contributed by atoms with E-state index in [9.17, 15) is 0 Å². The number of anilines is 1. The van der Waals surface area contributed by atoms with Crippen molar-refractivity contribution in [1.82, 2.24) is 9.97 Å². The molecule has 2 aliphatic rings. The van der Waals surface area contributed by atoms with E-state index in [1.807, 2.05) is 25.2 Å². The SMILES string of the molecule is CON(C)c1nc(-c2cccc3ccccc23)[nH]c2cccc1-2. The van der Waals surface area contributed by atoms with Crippen molar-refractivity contribution >= 4 is 16.6 Å². The van der Waals surface area contributed by atoms with E-state index in [0.29, 0.717) is 0 Å². The first kappa shape index (κ1) is 13.8. The van der Waals surface area contributed by atoms with E-state index in [4.69, 9.17) is 9.82 Å². The Morgan fingerprint density at radius 3 is 2.52 bits per heavy atom. The summed E-state index contributed by atoms with van der Waals surface area (Å²) in [6.07, 6.45) is 0. The third-order valence-electron chi connectivity index (χ3n) is 4.14. The molecule has 0 bridgehead atoms. The van der Waals surface area contributed by atoms with Crippen LogP contribution in [0.5, 0.6) is 0 Å². The van der Waals surface area contributed by atoms with Crippen LogP contribution in [0.3, 0.4) is 0 Å². The fraction of sp³-hybridized carbons (Fsp3) is 0.105. The average Bonchev–Trinajstić information content (AvgIpc) is 3.08. The molecule has 0 atom stereocenters. The Morgan fingerprint density at radius 2 is 1.65 bits per heavy atom. The van der Waals surface area contributed by atoms with Gasteiger partial charge in [-0.05, 0) is 22.9 Å². The number of hydrogen-bond donors (Lipinski definition) is 1. The molecule has 1 aliphatic carbocycles. The summed E-state index contributed by atoms with van der Waals surface area (Å²) in [5, 5.41) is 4.06. The van der Waals surface area contributed by atoms with Gasteiger partial charge in [-0.2, -0.15) is 0 Å². The lowest BCUT2D eigenvalue weighted by Crippen LogP contribution is -2.18. The third-order valence-corrected chi connectivity index (χ3v) is 4.14. The molecule has 0 aromatic heterocycles. The van der Waals surface area contributed by atoms with Gasteiger partial charge in [0, 0.05) is 18.2 Å². The smallest absolute Gasteiger partial charge is 0.163 e. The molecule has 4 rings (SSSR count). The average molecular weight is 303 g/mol. The van der Waals surface area contributed by atoms with Crippen LogP contribution in [0.25, 0.3) is 33.4 Å². The molecule has 1 aliphatic heterocycles. The van der Waals surface area contributed by atoms with E-state index in [2.05, 4.69) is 47.4 Å². The second-order valence-electron chi connectivity index (χ2n) is 5.47. The predicted molar refractivity (Wildman–Crippen MR) is 93.6 cm³/mol. The molecule has 2 aromatic carbocycles. The summed E-state index contributed by atoms with van der Waals surface area (Å²) in [5.41, 5.74) is 3.16. The number of nitrogens with one attached hydrogen (secondary N) is 1. The predicted octanol–water partition coefficient (Wildman–Crippen LogP) is 4.33. The summed E-state index contributed by atoms with van der Waals surface area (Å²) in [6, 6.07) is 20.7. The Bertz CT molecular complexity index is 939. The van der Waals surface area contributed by atoms with Gasteiger partial charge in [0.15, 0.2) is 5.82 Å². The number of nitrogens with zero attached hydrogens (tertiary/aromatic N) is 2. The van der Waals surface area contributed by atoms with Crippen LogP contribution in [0.4, 0.5) is 5.82 Å². The van der Waals surface area contributed by atoms with E-state index in [0.717, 1.165) is 28.5 Å². The van der Waals surface area contributed by atoms with Gasteiger partial charge in [-0.1, -0.05) is 48.5 Å². The van der Waals surface area contributed by atoms with Crippen molar-refractivity contribution in [1.29, 1.82) is 0 Å². The van der Waals surface area contributed by atoms with Crippen molar-refractivity contribution in [3.05, 3.63) is 60.7 Å². The van der Waals surface area contributed by atoms with Gasteiger partial charge in [0.05, 0.1) is 12.8 Å². The van der Waals surface area contributed by atoms with Crippen LogP contribution in [0.15, 0.2) is 60.7 Å². The maximum atomic E-state index is 5.35. The fourth-order valence-corrected chi connectivity index (χ4v) is 2.93. The standard InChI is InChI=1S/C19H17N3O/c1-22(23-2)19-16-11-6-12-17(16)20-18(21-19)15-10-5-8-13-7-3-4-9-14(13)15/h3-12H,1-2H3,(H,20,21). The Kier molecular flexibility index (Phi) is 3.24. The number of rotatable bonds is 3. The van der Waals surface area contributed by atoms with Crippen molar-refractivity contribution in [3.8, 4) is 22.6 Å². The Labute approximate surface area is 134 Å². The van der Waals surface area contributed by atoms with Crippen molar-refractivity contribution < 1.29 is 4.84 Å². The lowest BCUT2D eigenvalue weighted by atomic mass is 10.0. The van der Waals surface area contributed by atoms with Gasteiger partial charge in [-0.15, -0.1) is 0 Å². The molecule has 0 saturated heterocycles. The highest BCUT2D eigenvalue weighted by Crippen LogP contribution is 2.34. The summed E-state index contributed by atoms with van der Waals surface area (Å²) >= 11 is 0. The zero-order valence-corrected chi connectivity index (χ0v) is 13.1. The van der Waals surface area contributed by atoms with Gasteiger partial charge in [0.2, 0.25) is 0 Å². The minimum atomic E-state index is 0.800. The van der Waals surface area contributed by atoms with Crippen LogP contribution in [0, 0.1) is 0 Å². The Morgan fingerprint density at radius 1 is 0.913 bits per heavy atom. The summed E-state index contributed by atoms with van der Waals surface area (Å²) in [4.78, 5) is 13.6. The molecular weight excluding hydrogens is 286 g/mol. The van der Waals surface area contributed by atoms with Crippen LogP contribution in [0.2, 0.25) is 0 Å². The molecule has 1 N–H and O–H groups in total. The van der Waals surface area contributed by atoms with Crippen molar-refractivity contribution in [3.63, 3.8) is 0 Å². The first-order valence-electron chi connectivity index (χ1n) is 7.52. The van der Waals surface area contributed by atoms with Gasteiger partial charge in [0.25, 0.3) is 0 Å². The van der Waals surface area contributed by atoms with Crippen LogP contribution in [-0.2, 0) is 4.84 Å². The van der Waals surface area contributed by atoms with Crippen molar-refractivity contribution in [2.45, 2.75) is 0 Å². The van der Waals surface area contributed by atoms with E-state index in [1.165, 1.54) is 10.8 Å². The summed E-state index contributed by atoms with van der Waals surface area (Å²) in [6.45, 7) is 0. The lowest BCUT2D eigenvalue weighted by Gasteiger charge is -2.20. The molecule has 4 nitrogen and oxygen atoms in total. The monoisotopic (exact) mass is 303 g/mol. The van der Waals surface area contributed by atoms with E-state index < -0.39 is 0 Å². The molecule has 0 spiro atoms. The number of benzene rings is 2.